The van der Waals surface area contributed by atoms with Crippen LogP contribution in [-0.2, 0) is 11.8 Å². The molecule has 0 saturated carbocycles. The lowest BCUT2D eigenvalue weighted by Gasteiger charge is -2.33. The molecule has 0 N–H and O–H groups in total. The molecule has 0 amide bonds. The van der Waals surface area contributed by atoms with Gasteiger partial charge in [0.05, 0.1) is 16.4 Å². The third-order valence-electron chi connectivity index (χ3n) is 14.1. The Balaban J connectivity index is 0.930. The highest BCUT2D eigenvalue weighted by molar-refractivity contribution is 6.21. The summed E-state index contributed by atoms with van der Waals surface area (Å²) in [7, 11) is 0. The van der Waals surface area contributed by atoms with Crippen LogP contribution in [0.1, 0.15) is 22.3 Å². The third kappa shape index (κ3) is 5.79. The summed E-state index contributed by atoms with van der Waals surface area (Å²) >= 11 is 0. The fourth-order valence-electron chi connectivity index (χ4n) is 11.3. The fourth-order valence-corrected chi connectivity index (χ4v) is 11.3. The van der Waals surface area contributed by atoms with Crippen LogP contribution in [-0.4, -0.2) is 4.57 Å². The van der Waals surface area contributed by atoms with Gasteiger partial charge in [-0.25, -0.2) is 0 Å². The van der Waals surface area contributed by atoms with Crippen molar-refractivity contribution >= 4 is 43.4 Å². The van der Waals surface area contributed by atoms with Crippen LogP contribution in [0.4, 0.5) is 0 Å². The van der Waals surface area contributed by atoms with Gasteiger partial charge in [0.25, 0.3) is 0 Å². The molecule has 1 heteroatoms. The first-order chi connectivity index (χ1) is 32.2. The van der Waals surface area contributed by atoms with Crippen molar-refractivity contribution in [2.75, 3.05) is 0 Å². The highest BCUT2D eigenvalue weighted by Crippen LogP contribution is 2.55. The predicted molar refractivity (Wildman–Crippen MR) is 274 cm³/mol. The van der Waals surface area contributed by atoms with Gasteiger partial charge in [0.1, 0.15) is 0 Å². The Morgan fingerprint density at radius 1 is 0.308 bits per heavy atom. The van der Waals surface area contributed by atoms with Crippen LogP contribution < -0.4 is 0 Å². The Morgan fingerprint density at radius 3 is 1.46 bits per heavy atom. The Kier molecular flexibility index (Phi) is 8.57. The number of para-hydroxylation sites is 1. The van der Waals surface area contributed by atoms with E-state index in [9.17, 15) is 0 Å². The van der Waals surface area contributed by atoms with E-state index < -0.39 is 0 Å². The number of aromatic nitrogens is 1. The summed E-state index contributed by atoms with van der Waals surface area (Å²) in [5.41, 5.74) is 18.7. The summed E-state index contributed by atoms with van der Waals surface area (Å²) in [6, 6.07) is 92.1. The van der Waals surface area contributed by atoms with Crippen molar-refractivity contribution in [3.05, 3.63) is 271 Å². The van der Waals surface area contributed by atoms with E-state index in [2.05, 4.69) is 253 Å². The minimum Gasteiger partial charge on any atom is -0.309 e. The highest BCUT2D eigenvalue weighted by Gasteiger charge is 2.44. The second-order valence-corrected chi connectivity index (χ2v) is 17.6. The van der Waals surface area contributed by atoms with Gasteiger partial charge in [-0.3, -0.25) is 0 Å². The number of hydrogen-bond donors (Lipinski definition) is 0. The van der Waals surface area contributed by atoms with Crippen molar-refractivity contribution in [2.45, 2.75) is 11.8 Å². The molecule has 0 radical (unpaired) electrons. The number of fused-ring (bicyclic) bond motifs is 8. The van der Waals surface area contributed by atoms with Gasteiger partial charge in [0.2, 0.25) is 0 Å². The number of hydrogen-bond acceptors (Lipinski definition) is 0. The zero-order chi connectivity index (χ0) is 42.9. The van der Waals surface area contributed by atoms with Gasteiger partial charge in [-0.05, 0) is 131 Å². The van der Waals surface area contributed by atoms with Gasteiger partial charge in [0.15, 0.2) is 0 Å². The van der Waals surface area contributed by atoms with Crippen molar-refractivity contribution in [1.82, 2.24) is 4.57 Å². The van der Waals surface area contributed by atoms with E-state index in [0.29, 0.717) is 0 Å². The first-order valence-corrected chi connectivity index (χ1v) is 22.7. The average Bonchev–Trinajstić information content (AvgIpc) is 3.86. The molecule has 0 bridgehead atoms. The normalized spacial score (nSPS) is 14.3. The fraction of sp³-hybridized carbons (Fsp3) is 0.0312. The van der Waals surface area contributed by atoms with Crippen molar-refractivity contribution < 1.29 is 0 Å². The number of benzene rings is 11. The third-order valence-corrected chi connectivity index (χ3v) is 14.1. The van der Waals surface area contributed by atoms with Crippen LogP contribution in [0.2, 0.25) is 0 Å². The van der Waals surface area contributed by atoms with Crippen LogP contribution in [0.5, 0.6) is 0 Å². The minimum absolute atomic E-state index is 0.300. The Hall–Kier alpha value is -8.26. The molecule has 1 aliphatic rings. The molecule has 65 heavy (non-hydrogen) atoms. The molecule has 1 unspecified atom stereocenters. The highest BCUT2D eigenvalue weighted by atomic mass is 15.0. The lowest BCUT2D eigenvalue weighted by molar-refractivity contribution is 0.629. The van der Waals surface area contributed by atoms with Gasteiger partial charge in [-0.1, -0.05) is 212 Å². The zero-order valence-electron chi connectivity index (χ0n) is 35.8. The molecule has 1 atom stereocenters. The molecule has 1 nitrogen and oxygen atoms in total. The molecule has 13 rings (SSSR count). The molecule has 12 aromatic rings. The second-order valence-electron chi connectivity index (χ2n) is 17.6. The van der Waals surface area contributed by atoms with Gasteiger partial charge in [-0.2, -0.15) is 0 Å². The molecule has 11 aromatic carbocycles. The van der Waals surface area contributed by atoms with E-state index in [0.717, 1.165) is 12.1 Å². The van der Waals surface area contributed by atoms with E-state index in [1.807, 2.05) is 0 Å². The molecule has 0 aliphatic heterocycles. The SMILES string of the molecule is c1ccc(CC2(c3ccccc3)c3ccccc3-c3cc(-c4ccc5c(c4)c4ccccc4n5-c4ccc(-c5c6ccccc6c(-c6ccccc6)c6ccccc56)cc4)ccc32)cc1. The Bertz CT molecular complexity index is 3710. The number of nitrogens with zero attached hydrogens (tertiary/aromatic N) is 1. The first-order valence-electron chi connectivity index (χ1n) is 22.7. The minimum atomic E-state index is -0.300. The van der Waals surface area contributed by atoms with Crippen LogP contribution in [0.3, 0.4) is 0 Å². The van der Waals surface area contributed by atoms with Gasteiger partial charge < -0.3 is 4.57 Å². The molecule has 304 valence electrons. The standard InChI is InChI=1S/C64H43N/c1-4-18-43(19-5-1)42-64(48-22-8-3-9-23-48)58-30-16-14-24-50(58)56-40-46(34-38-59(56)64)47-35-39-61-57(41-47)51-25-15-17-31-60(51)65(61)49-36-32-45(33-37-49)63-54-28-12-10-26-52(54)62(44-20-6-2-7-21-44)53-27-11-13-29-55(53)63/h1-41H,42H2. The molecule has 0 fully saturated rings. The molecular weight excluding hydrogens is 783 g/mol. The average molecular weight is 826 g/mol. The summed E-state index contributed by atoms with van der Waals surface area (Å²) in [6.07, 6.45) is 0.890. The predicted octanol–water partition coefficient (Wildman–Crippen LogP) is 16.6. The summed E-state index contributed by atoms with van der Waals surface area (Å²) in [5.74, 6) is 0. The summed E-state index contributed by atoms with van der Waals surface area (Å²) in [6.45, 7) is 0. The number of rotatable bonds is 7. The quantitative estimate of drug-likeness (QED) is 0.141. The van der Waals surface area contributed by atoms with Crippen LogP contribution in [0, 0.1) is 0 Å². The van der Waals surface area contributed by atoms with E-state index in [4.69, 9.17) is 0 Å². The lowest BCUT2D eigenvalue weighted by atomic mass is 9.68. The molecule has 1 aromatic heterocycles. The van der Waals surface area contributed by atoms with E-state index in [-0.39, 0.29) is 5.41 Å². The molecule has 1 heterocycles. The van der Waals surface area contributed by atoms with Crippen molar-refractivity contribution in [1.29, 1.82) is 0 Å². The second kappa shape index (κ2) is 14.9. The van der Waals surface area contributed by atoms with Crippen LogP contribution in [0.25, 0.3) is 93.5 Å². The Morgan fingerprint density at radius 2 is 0.785 bits per heavy atom. The van der Waals surface area contributed by atoms with Crippen molar-refractivity contribution in [3.8, 4) is 50.2 Å². The monoisotopic (exact) mass is 825 g/mol. The smallest absolute Gasteiger partial charge is 0.0541 e. The first kappa shape index (κ1) is 37.3. The van der Waals surface area contributed by atoms with Crippen molar-refractivity contribution in [3.63, 3.8) is 0 Å². The van der Waals surface area contributed by atoms with Gasteiger partial charge in [-0.15, -0.1) is 0 Å². The molecule has 1 aliphatic carbocycles. The maximum atomic E-state index is 2.45. The summed E-state index contributed by atoms with van der Waals surface area (Å²) in [5, 5.41) is 7.56. The van der Waals surface area contributed by atoms with Gasteiger partial charge >= 0.3 is 0 Å². The Labute approximate surface area is 379 Å². The van der Waals surface area contributed by atoms with Crippen molar-refractivity contribution in [2.24, 2.45) is 0 Å². The largest absolute Gasteiger partial charge is 0.309 e. The van der Waals surface area contributed by atoms with E-state index >= 15 is 0 Å². The topological polar surface area (TPSA) is 4.93 Å². The van der Waals surface area contributed by atoms with E-state index in [1.54, 1.807) is 0 Å². The summed E-state index contributed by atoms with van der Waals surface area (Å²) in [4.78, 5) is 0. The van der Waals surface area contributed by atoms with Crippen LogP contribution >= 0.6 is 0 Å². The molecular formula is C64H43N. The van der Waals surface area contributed by atoms with E-state index in [1.165, 1.54) is 110 Å². The molecule has 0 saturated heterocycles. The molecule has 0 spiro atoms. The maximum absolute atomic E-state index is 2.45. The maximum Gasteiger partial charge on any atom is 0.0541 e. The lowest BCUT2D eigenvalue weighted by Crippen LogP contribution is -2.29. The van der Waals surface area contributed by atoms with Crippen LogP contribution in [0.15, 0.2) is 249 Å². The zero-order valence-corrected chi connectivity index (χ0v) is 35.8. The summed E-state index contributed by atoms with van der Waals surface area (Å²) < 4.78 is 2.43. The van der Waals surface area contributed by atoms with Gasteiger partial charge in [0, 0.05) is 16.5 Å².